The lowest BCUT2D eigenvalue weighted by molar-refractivity contribution is 0.318. The minimum atomic E-state index is 0.706. The maximum Gasteiger partial charge on any atom is 0.119 e. The van der Waals surface area contributed by atoms with Crippen LogP contribution in [0.4, 0.5) is 5.69 Å². The quantitative estimate of drug-likeness (QED) is 0.716. The van der Waals surface area contributed by atoms with Crippen LogP contribution in [0.2, 0.25) is 0 Å². The van der Waals surface area contributed by atoms with E-state index in [4.69, 9.17) is 4.74 Å². The molecule has 3 nitrogen and oxygen atoms in total. The van der Waals surface area contributed by atoms with E-state index in [1.807, 2.05) is 33.3 Å². The molecular formula is C11H18N2O. The predicted octanol–water partition coefficient (Wildman–Crippen LogP) is 1.35. The zero-order valence-electron chi connectivity index (χ0n) is 9.08. The van der Waals surface area contributed by atoms with Gasteiger partial charge in [-0.05, 0) is 31.3 Å². The zero-order chi connectivity index (χ0) is 10.4. The molecule has 14 heavy (non-hydrogen) atoms. The molecule has 0 heterocycles. The molecule has 0 atom stereocenters. The summed E-state index contributed by atoms with van der Waals surface area (Å²) in [4.78, 5) is 2.07. The van der Waals surface area contributed by atoms with Crippen molar-refractivity contribution in [1.29, 1.82) is 0 Å². The van der Waals surface area contributed by atoms with E-state index in [-0.39, 0.29) is 0 Å². The SMILES string of the molecule is CNCCOc1ccc(N(C)C)cc1. The van der Waals surface area contributed by atoms with Gasteiger partial charge in [-0.15, -0.1) is 0 Å². The van der Waals surface area contributed by atoms with E-state index in [2.05, 4.69) is 22.3 Å². The van der Waals surface area contributed by atoms with E-state index in [9.17, 15) is 0 Å². The van der Waals surface area contributed by atoms with E-state index in [0.717, 1.165) is 12.3 Å². The van der Waals surface area contributed by atoms with Crippen molar-refractivity contribution >= 4 is 5.69 Å². The molecule has 0 fully saturated rings. The molecule has 1 rings (SSSR count). The third kappa shape index (κ3) is 3.26. The summed E-state index contributed by atoms with van der Waals surface area (Å²) in [5.74, 6) is 0.922. The minimum Gasteiger partial charge on any atom is -0.492 e. The van der Waals surface area contributed by atoms with Gasteiger partial charge in [0.05, 0.1) is 0 Å². The summed E-state index contributed by atoms with van der Waals surface area (Å²) in [6, 6.07) is 8.08. The third-order valence-electron chi connectivity index (χ3n) is 1.97. The van der Waals surface area contributed by atoms with Crippen LogP contribution in [0, 0.1) is 0 Å². The molecule has 0 radical (unpaired) electrons. The first-order chi connectivity index (χ1) is 6.74. The van der Waals surface area contributed by atoms with Crippen molar-refractivity contribution in [2.45, 2.75) is 0 Å². The van der Waals surface area contributed by atoms with Crippen molar-refractivity contribution in [3.63, 3.8) is 0 Å². The molecule has 0 amide bonds. The first-order valence-corrected chi connectivity index (χ1v) is 4.79. The van der Waals surface area contributed by atoms with Crippen LogP contribution in [0.15, 0.2) is 24.3 Å². The van der Waals surface area contributed by atoms with E-state index in [1.165, 1.54) is 5.69 Å². The Morgan fingerprint density at radius 3 is 2.36 bits per heavy atom. The zero-order valence-corrected chi connectivity index (χ0v) is 9.08. The lowest BCUT2D eigenvalue weighted by Crippen LogP contribution is -2.16. The van der Waals surface area contributed by atoms with Crippen molar-refractivity contribution in [2.75, 3.05) is 39.2 Å². The second-order valence-corrected chi connectivity index (χ2v) is 3.34. The minimum absolute atomic E-state index is 0.706. The monoisotopic (exact) mass is 194 g/mol. The molecular weight excluding hydrogens is 176 g/mol. The summed E-state index contributed by atoms with van der Waals surface area (Å²) < 4.78 is 5.50. The fourth-order valence-electron chi connectivity index (χ4n) is 1.11. The third-order valence-corrected chi connectivity index (χ3v) is 1.97. The summed E-state index contributed by atoms with van der Waals surface area (Å²) in [6.45, 7) is 1.58. The molecule has 0 aliphatic rings. The van der Waals surface area contributed by atoms with Gasteiger partial charge in [-0.3, -0.25) is 0 Å². The highest BCUT2D eigenvalue weighted by Gasteiger charge is 1.95. The molecule has 3 heteroatoms. The molecule has 0 aliphatic carbocycles. The molecule has 1 aromatic carbocycles. The van der Waals surface area contributed by atoms with Gasteiger partial charge in [0.25, 0.3) is 0 Å². The first-order valence-electron chi connectivity index (χ1n) is 4.79. The number of benzene rings is 1. The normalized spacial score (nSPS) is 9.93. The Morgan fingerprint density at radius 2 is 1.86 bits per heavy atom. The average molecular weight is 194 g/mol. The Hall–Kier alpha value is -1.22. The Labute approximate surface area is 85.7 Å². The summed E-state index contributed by atoms with van der Waals surface area (Å²) in [5, 5.41) is 3.03. The Bertz CT molecular complexity index is 256. The maximum atomic E-state index is 5.50. The van der Waals surface area contributed by atoms with Crippen LogP contribution in [0.1, 0.15) is 0 Å². The standard InChI is InChI=1S/C11H18N2O/c1-12-8-9-14-11-6-4-10(5-7-11)13(2)3/h4-7,12H,8-9H2,1-3H3. The van der Waals surface area contributed by atoms with Gasteiger partial charge in [-0.25, -0.2) is 0 Å². The summed E-state index contributed by atoms with van der Waals surface area (Å²) >= 11 is 0. The highest BCUT2D eigenvalue weighted by Crippen LogP contribution is 2.17. The van der Waals surface area contributed by atoms with E-state index < -0.39 is 0 Å². The Kier molecular flexibility index (Phi) is 4.26. The highest BCUT2D eigenvalue weighted by molar-refractivity contribution is 5.47. The molecule has 0 saturated carbocycles. The van der Waals surface area contributed by atoms with Gasteiger partial charge >= 0.3 is 0 Å². The van der Waals surface area contributed by atoms with Gasteiger partial charge < -0.3 is 15.0 Å². The second kappa shape index (κ2) is 5.50. The lowest BCUT2D eigenvalue weighted by Gasteiger charge is -2.13. The molecule has 1 aromatic rings. The number of nitrogens with zero attached hydrogens (tertiary/aromatic N) is 1. The van der Waals surface area contributed by atoms with Gasteiger partial charge in [0, 0.05) is 26.3 Å². The first kappa shape index (κ1) is 10.9. The van der Waals surface area contributed by atoms with Crippen molar-refractivity contribution in [2.24, 2.45) is 0 Å². The fourth-order valence-corrected chi connectivity index (χ4v) is 1.11. The molecule has 0 spiro atoms. The number of rotatable bonds is 5. The second-order valence-electron chi connectivity index (χ2n) is 3.34. The van der Waals surface area contributed by atoms with Crippen LogP contribution < -0.4 is 15.0 Å². The Morgan fingerprint density at radius 1 is 1.21 bits per heavy atom. The van der Waals surface area contributed by atoms with E-state index in [1.54, 1.807) is 0 Å². The molecule has 0 unspecified atom stereocenters. The number of likely N-dealkylation sites (N-methyl/N-ethyl adjacent to an activating group) is 1. The van der Waals surface area contributed by atoms with Crippen LogP contribution in [0.5, 0.6) is 5.75 Å². The number of nitrogens with one attached hydrogen (secondary N) is 1. The summed E-state index contributed by atoms with van der Waals surface area (Å²) in [5.41, 5.74) is 1.19. The van der Waals surface area contributed by atoms with Gasteiger partial charge in [0.15, 0.2) is 0 Å². The van der Waals surface area contributed by atoms with Crippen LogP contribution >= 0.6 is 0 Å². The summed E-state index contributed by atoms with van der Waals surface area (Å²) in [6.07, 6.45) is 0. The Balaban J connectivity index is 2.47. The molecule has 0 saturated heterocycles. The lowest BCUT2D eigenvalue weighted by atomic mass is 10.3. The van der Waals surface area contributed by atoms with Crippen LogP contribution in [0.25, 0.3) is 0 Å². The molecule has 1 N–H and O–H groups in total. The van der Waals surface area contributed by atoms with Gasteiger partial charge in [0.2, 0.25) is 0 Å². The maximum absolute atomic E-state index is 5.50. The highest BCUT2D eigenvalue weighted by atomic mass is 16.5. The number of hydrogen-bond acceptors (Lipinski definition) is 3. The van der Waals surface area contributed by atoms with Gasteiger partial charge in [-0.2, -0.15) is 0 Å². The van der Waals surface area contributed by atoms with E-state index in [0.29, 0.717) is 6.61 Å². The molecule has 78 valence electrons. The van der Waals surface area contributed by atoms with Crippen molar-refractivity contribution in [3.8, 4) is 5.75 Å². The number of ether oxygens (including phenoxy) is 1. The number of hydrogen-bond donors (Lipinski definition) is 1. The van der Waals surface area contributed by atoms with Crippen molar-refractivity contribution in [1.82, 2.24) is 5.32 Å². The van der Waals surface area contributed by atoms with Crippen LogP contribution in [-0.4, -0.2) is 34.3 Å². The predicted molar refractivity (Wildman–Crippen MR) is 60.2 cm³/mol. The van der Waals surface area contributed by atoms with Crippen molar-refractivity contribution < 1.29 is 4.74 Å². The van der Waals surface area contributed by atoms with Gasteiger partial charge in [0.1, 0.15) is 12.4 Å². The van der Waals surface area contributed by atoms with Crippen LogP contribution in [0.3, 0.4) is 0 Å². The molecule has 0 aliphatic heterocycles. The molecule has 0 aromatic heterocycles. The smallest absolute Gasteiger partial charge is 0.119 e. The van der Waals surface area contributed by atoms with Crippen LogP contribution in [-0.2, 0) is 0 Å². The largest absolute Gasteiger partial charge is 0.492 e. The molecule has 0 bridgehead atoms. The summed E-state index contributed by atoms with van der Waals surface area (Å²) in [7, 11) is 5.96. The topological polar surface area (TPSA) is 24.5 Å². The average Bonchev–Trinajstić information content (AvgIpc) is 2.19. The van der Waals surface area contributed by atoms with Gasteiger partial charge in [-0.1, -0.05) is 0 Å². The van der Waals surface area contributed by atoms with Crippen molar-refractivity contribution in [3.05, 3.63) is 24.3 Å². The number of anilines is 1. The fraction of sp³-hybridized carbons (Fsp3) is 0.455. The van der Waals surface area contributed by atoms with E-state index >= 15 is 0 Å².